The number of nitrogens with one attached hydrogen (secondary N) is 1. The molecule has 0 spiro atoms. The first-order valence-electron chi connectivity index (χ1n) is 8.81. The van der Waals surface area contributed by atoms with Gasteiger partial charge in [-0.2, -0.15) is 0 Å². The molecule has 1 atom stereocenters. The summed E-state index contributed by atoms with van der Waals surface area (Å²) in [5, 5.41) is 12.4. The fraction of sp³-hybridized carbons (Fsp3) is 0.333. The SMILES string of the molecule is CC(C)(C)OC(=O)N[C@@H](Cc1ccc(OCc2cccc(Cl)c2)cc1)C(=O)O. The number of hydrogen-bond donors (Lipinski definition) is 2. The molecule has 2 N–H and O–H groups in total. The van der Waals surface area contributed by atoms with Gasteiger partial charge in [0.2, 0.25) is 0 Å². The highest BCUT2D eigenvalue weighted by Gasteiger charge is 2.24. The Morgan fingerprint density at radius 1 is 1.11 bits per heavy atom. The first-order valence-corrected chi connectivity index (χ1v) is 9.19. The number of amides is 1. The highest BCUT2D eigenvalue weighted by molar-refractivity contribution is 6.30. The number of rotatable bonds is 7. The number of benzene rings is 2. The highest BCUT2D eigenvalue weighted by atomic mass is 35.5. The van der Waals surface area contributed by atoms with Crippen molar-refractivity contribution in [3.63, 3.8) is 0 Å². The molecule has 0 unspecified atom stereocenters. The van der Waals surface area contributed by atoms with Gasteiger partial charge in [0.05, 0.1) is 0 Å². The summed E-state index contributed by atoms with van der Waals surface area (Å²) in [5.74, 6) is -0.483. The van der Waals surface area contributed by atoms with Gasteiger partial charge in [0.25, 0.3) is 0 Å². The molecule has 0 fully saturated rings. The van der Waals surface area contributed by atoms with Crippen molar-refractivity contribution in [3.8, 4) is 5.75 Å². The second-order valence-corrected chi connectivity index (χ2v) is 7.74. The van der Waals surface area contributed by atoms with Crippen LogP contribution in [0.5, 0.6) is 5.75 Å². The first-order chi connectivity index (χ1) is 13.1. The number of carboxylic acids is 1. The molecule has 6 nitrogen and oxygen atoms in total. The average Bonchev–Trinajstić information content (AvgIpc) is 2.59. The van der Waals surface area contributed by atoms with Crippen LogP contribution in [0.15, 0.2) is 48.5 Å². The van der Waals surface area contributed by atoms with Crippen LogP contribution < -0.4 is 10.1 Å². The minimum absolute atomic E-state index is 0.128. The molecule has 0 aromatic heterocycles. The molecule has 0 bridgehead atoms. The van der Waals surface area contributed by atoms with Crippen molar-refractivity contribution < 1.29 is 24.2 Å². The lowest BCUT2D eigenvalue weighted by atomic mass is 10.1. The van der Waals surface area contributed by atoms with E-state index in [-0.39, 0.29) is 6.42 Å². The van der Waals surface area contributed by atoms with E-state index < -0.39 is 23.7 Å². The number of ether oxygens (including phenoxy) is 2. The summed E-state index contributed by atoms with van der Waals surface area (Å²) >= 11 is 5.95. The zero-order chi connectivity index (χ0) is 20.7. The molecule has 0 saturated heterocycles. The van der Waals surface area contributed by atoms with E-state index in [0.717, 1.165) is 11.1 Å². The summed E-state index contributed by atoms with van der Waals surface area (Å²) in [6.07, 6.45) is -0.634. The minimum Gasteiger partial charge on any atom is -0.489 e. The quantitative estimate of drug-likeness (QED) is 0.711. The summed E-state index contributed by atoms with van der Waals surface area (Å²) in [6, 6.07) is 13.3. The predicted molar refractivity (Wildman–Crippen MR) is 107 cm³/mol. The summed E-state index contributed by atoms with van der Waals surface area (Å²) in [6.45, 7) is 5.51. The molecule has 0 aliphatic heterocycles. The van der Waals surface area contributed by atoms with Crippen LogP contribution in [0.25, 0.3) is 0 Å². The third-order valence-electron chi connectivity index (χ3n) is 3.65. The van der Waals surface area contributed by atoms with E-state index >= 15 is 0 Å². The predicted octanol–water partition coefficient (Wildman–Crippen LogP) is 4.44. The fourth-order valence-electron chi connectivity index (χ4n) is 2.40. The van der Waals surface area contributed by atoms with Crippen LogP contribution >= 0.6 is 11.6 Å². The Kier molecular flexibility index (Phi) is 7.29. The third-order valence-corrected chi connectivity index (χ3v) is 3.88. The van der Waals surface area contributed by atoms with Gasteiger partial charge in [0.15, 0.2) is 0 Å². The van der Waals surface area contributed by atoms with Crippen LogP contribution in [0.1, 0.15) is 31.9 Å². The highest BCUT2D eigenvalue weighted by Crippen LogP contribution is 2.17. The molecule has 2 aromatic rings. The molecule has 0 aliphatic carbocycles. The van der Waals surface area contributed by atoms with Gasteiger partial charge in [-0.25, -0.2) is 9.59 Å². The maximum atomic E-state index is 11.8. The van der Waals surface area contributed by atoms with Gasteiger partial charge >= 0.3 is 12.1 Å². The number of carbonyl (C=O) groups excluding carboxylic acids is 1. The van der Waals surface area contributed by atoms with Crippen molar-refractivity contribution in [1.29, 1.82) is 0 Å². The molecule has 0 saturated carbocycles. The molecule has 7 heteroatoms. The zero-order valence-electron chi connectivity index (χ0n) is 16.1. The van der Waals surface area contributed by atoms with Crippen molar-refractivity contribution in [3.05, 3.63) is 64.7 Å². The van der Waals surface area contributed by atoms with Crippen LogP contribution in [-0.4, -0.2) is 28.8 Å². The second kappa shape index (κ2) is 9.46. The van der Waals surface area contributed by atoms with E-state index in [1.54, 1.807) is 51.1 Å². The maximum absolute atomic E-state index is 11.8. The van der Waals surface area contributed by atoms with Gasteiger partial charge in [0.1, 0.15) is 24.0 Å². The Hall–Kier alpha value is -2.73. The number of alkyl carbamates (subject to hydrolysis) is 1. The van der Waals surface area contributed by atoms with Crippen LogP contribution in [0.2, 0.25) is 5.02 Å². The van der Waals surface area contributed by atoms with Gasteiger partial charge in [-0.15, -0.1) is 0 Å². The Morgan fingerprint density at radius 3 is 2.36 bits per heavy atom. The van der Waals surface area contributed by atoms with Crippen molar-refractivity contribution in [2.75, 3.05) is 0 Å². The lowest BCUT2D eigenvalue weighted by Crippen LogP contribution is -2.44. The van der Waals surface area contributed by atoms with Gasteiger partial charge in [-0.3, -0.25) is 0 Å². The summed E-state index contributed by atoms with van der Waals surface area (Å²) in [5.41, 5.74) is 0.998. The standard InChI is InChI=1S/C21H24ClNO5/c1-21(2,3)28-20(26)23-18(19(24)25)12-14-7-9-17(10-8-14)27-13-15-5-4-6-16(22)11-15/h4-11,18H,12-13H2,1-3H3,(H,23,26)(H,24,25)/t18-/m0/s1. The summed E-state index contributed by atoms with van der Waals surface area (Å²) in [4.78, 5) is 23.3. The third kappa shape index (κ3) is 7.48. The van der Waals surface area contributed by atoms with Crippen molar-refractivity contribution in [2.24, 2.45) is 0 Å². The van der Waals surface area contributed by atoms with Gasteiger partial charge in [0, 0.05) is 11.4 Å². The molecule has 28 heavy (non-hydrogen) atoms. The van der Waals surface area contributed by atoms with E-state index in [4.69, 9.17) is 21.1 Å². The normalized spacial score (nSPS) is 12.1. The molecule has 2 rings (SSSR count). The van der Waals surface area contributed by atoms with E-state index in [2.05, 4.69) is 5.32 Å². The van der Waals surface area contributed by atoms with Gasteiger partial charge in [-0.1, -0.05) is 35.9 Å². The summed E-state index contributed by atoms with van der Waals surface area (Å²) < 4.78 is 10.8. The van der Waals surface area contributed by atoms with Crippen LogP contribution in [-0.2, 0) is 22.6 Å². The molecule has 150 valence electrons. The zero-order valence-corrected chi connectivity index (χ0v) is 16.8. The van der Waals surface area contributed by atoms with E-state index in [9.17, 15) is 14.7 Å². The van der Waals surface area contributed by atoms with Crippen molar-refractivity contribution >= 4 is 23.7 Å². The number of carboxylic acid groups (broad SMARTS) is 1. The Labute approximate surface area is 169 Å². The minimum atomic E-state index is -1.13. The molecule has 0 aliphatic rings. The Balaban J connectivity index is 1.93. The molecular formula is C21H24ClNO5. The monoisotopic (exact) mass is 405 g/mol. The number of hydrogen-bond acceptors (Lipinski definition) is 4. The molecule has 0 radical (unpaired) electrons. The van der Waals surface area contributed by atoms with E-state index in [1.807, 2.05) is 18.2 Å². The fourth-order valence-corrected chi connectivity index (χ4v) is 2.61. The largest absolute Gasteiger partial charge is 0.489 e. The van der Waals surface area contributed by atoms with Crippen LogP contribution in [0.4, 0.5) is 4.79 Å². The van der Waals surface area contributed by atoms with E-state index in [0.29, 0.717) is 17.4 Å². The molecule has 1 amide bonds. The molecule has 0 heterocycles. The lowest BCUT2D eigenvalue weighted by molar-refractivity contribution is -0.139. The van der Waals surface area contributed by atoms with Crippen LogP contribution in [0.3, 0.4) is 0 Å². The Morgan fingerprint density at radius 2 is 1.79 bits per heavy atom. The second-order valence-electron chi connectivity index (χ2n) is 7.30. The number of carbonyl (C=O) groups is 2. The van der Waals surface area contributed by atoms with Gasteiger partial charge in [-0.05, 0) is 56.2 Å². The van der Waals surface area contributed by atoms with Crippen molar-refractivity contribution in [1.82, 2.24) is 5.32 Å². The molecule has 2 aromatic carbocycles. The molecular weight excluding hydrogens is 382 g/mol. The smallest absolute Gasteiger partial charge is 0.408 e. The van der Waals surface area contributed by atoms with Gasteiger partial charge < -0.3 is 19.9 Å². The average molecular weight is 406 g/mol. The maximum Gasteiger partial charge on any atom is 0.408 e. The number of aliphatic carboxylic acids is 1. The lowest BCUT2D eigenvalue weighted by Gasteiger charge is -2.22. The summed E-state index contributed by atoms with van der Waals surface area (Å²) in [7, 11) is 0. The van der Waals surface area contributed by atoms with E-state index in [1.165, 1.54) is 0 Å². The number of halogens is 1. The van der Waals surface area contributed by atoms with Crippen LogP contribution in [0, 0.1) is 0 Å². The Bertz CT molecular complexity index is 814. The topological polar surface area (TPSA) is 84.9 Å². The first kappa shape index (κ1) is 21.6. The van der Waals surface area contributed by atoms with Crippen molar-refractivity contribution in [2.45, 2.75) is 45.4 Å².